The third-order valence-corrected chi connectivity index (χ3v) is 3.84. The first-order chi connectivity index (χ1) is 9.69. The fourth-order valence-electron chi connectivity index (χ4n) is 2.63. The highest BCUT2D eigenvalue weighted by Crippen LogP contribution is 2.32. The van der Waals surface area contributed by atoms with Gasteiger partial charge >= 0.3 is 0 Å². The highest BCUT2D eigenvalue weighted by molar-refractivity contribution is 5.42. The molecule has 0 bridgehead atoms. The van der Waals surface area contributed by atoms with Crippen LogP contribution in [0.4, 0.5) is 0 Å². The smallest absolute Gasteiger partial charge is 0.123 e. The topological polar surface area (TPSA) is 47.7 Å². The van der Waals surface area contributed by atoms with Crippen LogP contribution >= 0.6 is 0 Å². The van der Waals surface area contributed by atoms with Gasteiger partial charge in [-0.1, -0.05) is 6.92 Å². The molecule has 1 aliphatic carbocycles. The lowest BCUT2D eigenvalue weighted by Gasteiger charge is -2.26. The first-order valence-corrected chi connectivity index (χ1v) is 7.41. The predicted octanol–water partition coefficient (Wildman–Crippen LogP) is 2.58. The van der Waals surface area contributed by atoms with Crippen molar-refractivity contribution in [1.29, 1.82) is 0 Å². The van der Waals surface area contributed by atoms with Crippen LogP contribution in [-0.2, 0) is 0 Å². The molecule has 1 aromatic carbocycles. The molecule has 4 nitrogen and oxygen atoms in total. The molecule has 2 rings (SSSR count). The predicted molar refractivity (Wildman–Crippen MR) is 81.4 cm³/mol. The van der Waals surface area contributed by atoms with E-state index in [1.807, 2.05) is 18.2 Å². The Morgan fingerprint density at radius 2 is 2.05 bits per heavy atom. The Kier molecular flexibility index (Phi) is 5.26. The summed E-state index contributed by atoms with van der Waals surface area (Å²) in [5.74, 6) is 1.66. The van der Waals surface area contributed by atoms with Crippen LogP contribution < -0.4 is 15.2 Å². The van der Waals surface area contributed by atoms with Gasteiger partial charge in [0.25, 0.3) is 0 Å². The Balaban J connectivity index is 2.11. The van der Waals surface area contributed by atoms with Gasteiger partial charge < -0.3 is 15.2 Å². The highest BCUT2D eigenvalue weighted by atomic mass is 16.5. The van der Waals surface area contributed by atoms with Crippen LogP contribution in [0.25, 0.3) is 0 Å². The van der Waals surface area contributed by atoms with Crippen LogP contribution in [0.5, 0.6) is 11.5 Å². The Morgan fingerprint density at radius 1 is 1.30 bits per heavy atom. The molecule has 0 aliphatic heterocycles. The quantitative estimate of drug-likeness (QED) is 0.794. The summed E-state index contributed by atoms with van der Waals surface area (Å²) in [4.78, 5) is 2.50. The molecule has 1 fully saturated rings. The van der Waals surface area contributed by atoms with Gasteiger partial charge in [0.15, 0.2) is 0 Å². The molecule has 1 unspecified atom stereocenters. The largest absolute Gasteiger partial charge is 0.497 e. The maximum Gasteiger partial charge on any atom is 0.123 e. The first-order valence-electron chi connectivity index (χ1n) is 7.41. The van der Waals surface area contributed by atoms with Gasteiger partial charge in [0.1, 0.15) is 11.5 Å². The van der Waals surface area contributed by atoms with Crippen molar-refractivity contribution in [1.82, 2.24) is 4.90 Å². The van der Waals surface area contributed by atoms with Gasteiger partial charge in [0.05, 0.1) is 14.2 Å². The van der Waals surface area contributed by atoms with Crippen molar-refractivity contribution in [3.8, 4) is 11.5 Å². The Hall–Kier alpha value is -1.26. The van der Waals surface area contributed by atoms with Crippen LogP contribution in [0.2, 0.25) is 0 Å². The highest BCUT2D eigenvalue weighted by Gasteiger charge is 2.30. The summed E-state index contributed by atoms with van der Waals surface area (Å²) >= 11 is 0. The maximum atomic E-state index is 6.41. The van der Waals surface area contributed by atoms with Crippen LogP contribution in [0, 0.1) is 0 Å². The minimum absolute atomic E-state index is 0.0489. The maximum absolute atomic E-state index is 6.41. The SMILES string of the molecule is CCCN(CC(N)c1cc(OC)ccc1OC)C1CC1. The number of nitrogens with zero attached hydrogens (tertiary/aromatic N) is 1. The summed E-state index contributed by atoms with van der Waals surface area (Å²) < 4.78 is 10.7. The third-order valence-electron chi connectivity index (χ3n) is 3.84. The Bertz CT molecular complexity index is 432. The number of hydrogen-bond acceptors (Lipinski definition) is 4. The Morgan fingerprint density at radius 3 is 2.60 bits per heavy atom. The standard InChI is InChI=1S/C16H26N2O2/c1-4-9-18(12-5-6-12)11-15(17)14-10-13(19-2)7-8-16(14)20-3/h7-8,10,12,15H,4-6,9,11,17H2,1-3H3. The molecule has 1 aliphatic rings. The molecule has 1 aromatic rings. The average Bonchev–Trinajstić information content (AvgIpc) is 3.30. The first kappa shape index (κ1) is 15.1. The van der Waals surface area contributed by atoms with E-state index in [-0.39, 0.29) is 6.04 Å². The summed E-state index contributed by atoms with van der Waals surface area (Å²) in [6.45, 7) is 4.21. The van der Waals surface area contributed by atoms with Crippen LogP contribution in [0.1, 0.15) is 37.8 Å². The summed E-state index contributed by atoms with van der Waals surface area (Å²) in [6, 6.07) is 6.50. The minimum atomic E-state index is -0.0489. The van der Waals surface area contributed by atoms with Crippen molar-refractivity contribution in [2.24, 2.45) is 5.73 Å². The van der Waals surface area contributed by atoms with Gasteiger partial charge in [-0.15, -0.1) is 0 Å². The molecule has 0 spiro atoms. The van der Waals surface area contributed by atoms with Crippen molar-refractivity contribution in [3.05, 3.63) is 23.8 Å². The van der Waals surface area contributed by atoms with Crippen LogP contribution in [0.15, 0.2) is 18.2 Å². The molecule has 1 saturated carbocycles. The van der Waals surface area contributed by atoms with Gasteiger partial charge in [0, 0.05) is 24.2 Å². The Labute approximate surface area is 121 Å². The van der Waals surface area contributed by atoms with E-state index in [9.17, 15) is 0 Å². The zero-order valence-electron chi connectivity index (χ0n) is 12.8. The normalized spacial score (nSPS) is 16.2. The number of nitrogens with two attached hydrogens (primary N) is 1. The number of methoxy groups -OCH3 is 2. The second-order valence-corrected chi connectivity index (χ2v) is 5.44. The lowest BCUT2D eigenvalue weighted by Crippen LogP contribution is -2.34. The summed E-state index contributed by atoms with van der Waals surface area (Å²) in [5, 5.41) is 0. The number of ether oxygens (including phenoxy) is 2. The van der Waals surface area contributed by atoms with E-state index in [0.29, 0.717) is 0 Å². The van der Waals surface area contributed by atoms with Crippen molar-refractivity contribution < 1.29 is 9.47 Å². The molecule has 20 heavy (non-hydrogen) atoms. The van der Waals surface area contributed by atoms with E-state index in [4.69, 9.17) is 15.2 Å². The molecule has 2 N–H and O–H groups in total. The monoisotopic (exact) mass is 278 g/mol. The molecular weight excluding hydrogens is 252 g/mol. The fraction of sp³-hybridized carbons (Fsp3) is 0.625. The number of benzene rings is 1. The van der Waals surface area contributed by atoms with E-state index < -0.39 is 0 Å². The summed E-state index contributed by atoms with van der Waals surface area (Å²) in [6.07, 6.45) is 3.78. The van der Waals surface area contributed by atoms with Crippen LogP contribution in [-0.4, -0.2) is 38.3 Å². The van der Waals surface area contributed by atoms with E-state index in [2.05, 4.69) is 11.8 Å². The zero-order valence-corrected chi connectivity index (χ0v) is 12.8. The number of hydrogen-bond donors (Lipinski definition) is 1. The van der Waals surface area contributed by atoms with E-state index >= 15 is 0 Å². The molecule has 112 valence electrons. The molecule has 0 heterocycles. The lowest BCUT2D eigenvalue weighted by molar-refractivity contribution is 0.246. The van der Waals surface area contributed by atoms with E-state index in [1.165, 1.54) is 19.3 Å². The average molecular weight is 278 g/mol. The zero-order chi connectivity index (χ0) is 14.5. The molecule has 0 aromatic heterocycles. The second-order valence-electron chi connectivity index (χ2n) is 5.44. The number of rotatable bonds is 8. The van der Waals surface area contributed by atoms with Gasteiger partial charge in [0.2, 0.25) is 0 Å². The molecule has 1 atom stereocenters. The van der Waals surface area contributed by atoms with E-state index in [0.717, 1.165) is 36.2 Å². The molecule has 0 radical (unpaired) electrons. The van der Waals surface area contributed by atoms with Crippen molar-refractivity contribution in [2.75, 3.05) is 27.3 Å². The second kappa shape index (κ2) is 6.95. The summed E-state index contributed by atoms with van der Waals surface area (Å²) in [7, 11) is 3.35. The van der Waals surface area contributed by atoms with Gasteiger partial charge in [-0.25, -0.2) is 0 Å². The molecular formula is C16H26N2O2. The van der Waals surface area contributed by atoms with Gasteiger partial charge in [-0.2, -0.15) is 0 Å². The van der Waals surface area contributed by atoms with Gasteiger partial charge in [-0.3, -0.25) is 4.90 Å². The van der Waals surface area contributed by atoms with Crippen molar-refractivity contribution in [2.45, 2.75) is 38.3 Å². The fourth-order valence-corrected chi connectivity index (χ4v) is 2.63. The van der Waals surface area contributed by atoms with E-state index in [1.54, 1.807) is 14.2 Å². The molecule has 4 heteroatoms. The van der Waals surface area contributed by atoms with Crippen molar-refractivity contribution in [3.63, 3.8) is 0 Å². The molecule has 0 saturated heterocycles. The van der Waals surface area contributed by atoms with Crippen molar-refractivity contribution >= 4 is 0 Å². The molecule has 0 amide bonds. The van der Waals surface area contributed by atoms with Gasteiger partial charge in [-0.05, 0) is 44.0 Å². The summed E-state index contributed by atoms with van der Waals surface area (Å²) in [5.41, 5.74) is 7.44. The lowest BCUT2D eigenvalue weighted by atomic mass is 10.0. The minimum Gasteiger partial charge on any atom is -0.497 e. The third kappa shape index (κ3) is 3.64. The van der Waals surface area contributed by atoms with Crippen LogP contribution in [0.3, 0.4) is 0 Å².